The van der Waals surface area contributed by atoms with Crippen molar-refractivity contribution in [2.24, 2.45) is 0 Å². The number of likely N-dealkylation sites (N-methyl/N-ethyl adjacent to an activating group) is 1. The van der Waals surface area contributed by atoms with Gasteiger partial charge in [0.05, 0.1) is 17.5 Å². The van der Waals surface area contributed by atoms with Gasteiger partial charge in [0.1, 0.15) is 18.4 Å². The Labute approximate surface area is 195 Å². The van der Waals surface area contributed by atoms with E-state index >= 15 is 0 Å². The van der Waals surface area contributed by atoms with E-state index in [-0.39, 0.29) is 24.3 Å². The van der Waals surface area contributed by atoms with Gasteiger partial charge in [0.2, 0.25) is 21.8 Å². The quantitative estimate of drug-likeness (QED) is 0.533. The zero-order valence-corrected chi connectivity index (χ0v) is 19.6. The first kappa shape index (κ1) is 27.1. The smallest absolute Gasteiger partial charge is 0.355 e. The van der Waals surface area contributed by atoms with Crippen LogP contribution in [0.3, 0.4) is 0 Å². The third-order valence-electron chi connectivity index (χ3n) is 4.96. The molecule has 2 amide bonds. The van der Waals surface area contributed by atoms with Gasteiger partial charge >= 0.3 is 6.18 Å². The van der Waals surface area contributed by atoms with Crippen molar-refractivity contribution in [1.82, 2.24) is 10.2 Å². The van der Waals surface area contributed by atoms with Crippen LogP contribution in [0.15, 0.2) is 48.5 Å². The highest BCUT2D eigenvalue weighted by Crippen LogP contribution is 2.32. The molecule has 0 fully saturated rings. The van der Waals surface area contributed by atoms with Crippen LogP contribution in [-0.4, -0.2) is 50.5 Å². The fourth-order valence-corrected chi connectivity index (χ4v) is 4.01. The summed E-state index contributed by atoms with van der Waals surface area (Å²) in [4.78, 5) is 26.6. The number of amides is 2. The van der Waals surface area contributed by atoms with Crippen molar-refractivity contribution >= 4 is 27.5 Å². The molecule has 0 spiro atoms. The zero-order valence-electron chi connectivity index (χ0n) is 18.8. The van der Waals surface area contributed by atoms with Crippen LogP contribution < -0.4 is 9.62 Å². The van der Waals surface area contributed by atoms with Crippen LogP contribution in [0, 0.1) is 5.82 Å². The van der Waals surface area contributed by atoms with E-state index in [9.17, 15) is 35.6 Å². The van der Waals surface area contributed by atoms with Gasteiger partial charge < -0.3 is 10.2 Å². The number of sulfonamides is 1. The second kappa shape index (κ2) is 10.9. The van der Waals surface area contributed by atoms with Crippen molar-refractivity contribution in [3.05, 3.63) is 65.5 Å². The third-order valence-corrected chi connectivity index (χ3v) is 6.10. The summed E-state index contributed by atoms with van der Waals surface area (Å²) in [5.74, 6) is -2.09. The molecule has 34 heavy (non-hydrogen) atoms. The molecule has 1 unspecified atom stereocenters. The lowest BCUT2D eigenvalue weighted by atomic mass is 10.1. The van der Waals surface area contributed by atoms with Gasteiger partial charge in [-0.25, -0.2) is 12.8 Å². The minimum absolute atomic E-state index is 0.0805. The van der Waals surface area contributed by atoms with Crippen LogP contribution in [0.4, 0.5) is 23.2 Å². The van der Waals surface area contributed by atoms with Crippen molar-refractivity contribution in [2.75, 3.05) is 23.7 Å². The number of benzene rings is 2. The Morgan fingerprint density at radius 2 is 1.74 bits per heavy atom. The zero-order chi connectivity index (χ0) is 25.7. The molecule has 0 saturated carbocycles. The largest absolute Gasteiger partial charge is 0.416 e. The van der Waals surface area contributed by atoms with Gasteiger partial charge in [-0.2, -0.15) is 13.2 Å². The van der Waals surface area contributed by atoms with Crippen LogP contribution in [0.2, 0.25) is 0 Å². The first-order valence-corrected chi connectivity index (χ1v) is 12.1. The fraction of sp³-hybridized carbons (Fsp3) is 0.364. The number of hydrogen-bond donors (Lipinski definition) is 1. The summed E-state index contributed by atoms with van der Waals surface area (Å²) in [5.41, 5.74) is -1.39. The number of nitrogens with zero attached hydrogens (tertiary/aromatic N) is 2. The normalized spacial score (nSPS) is 12.7. The van der Waals surface area contributed by atoms with Gasteiger partial charge in [0.15, 0.2) is 0 Å². The molecule has 2 aromatic rings. The number of carbonyl (C=O) groups is 2. The molecule has 0 aliphatic carbocycles. The number of halogens is 4. The van der Waals surface area contributed by atoms with Crippen LogP contribution in [0.5, 0.6) is 0 Å². The van der Waals surface area contributed by atoms with E-state index in [0.717, 1.165) is 29.4 Å². The summed E-state index contributed by atoms with van der Waals surface area (Å²) in [5, 5.41) is 2.54. The van der Waals surface area contributed by atoms with Gasteiger partial charge in [-0.15, -0.1) is 0 Å². The summed E-state index contributed by atoms with van der Waals surface area (Å²) in [6, 6.07) is 7.96. The van der Waals surface area contributed by atoms with Crippen molar-refractivity contribution in [3.8, 4) is 0 Å². The average molecular weight is 504 g/mol. The highest BCUT2D eigenvalue weighted by Gasteiger charge is 2.33. The number of nitrogens with one attached hydrogen (secondary N) is 1. The van der Waals surface area contributed by atoms with Gasteiger partial charge in [-0.3, -0.25) is 13.9 Å². The van der Waals surface area contributed by atoms with Crippen molar-refractivity contribution < 1.29 is 35.6 Å². The van der Waals surface area contributed by atoms with E-state index in [1.54, 1.807) is 6.92 Å². The maximum Gasteiger partial charge on any atom is 0.416 e. The molecule has 1 atom stereocenters. The first-order chi connectivity index (χ1) is 15.8. The Morgan fingerprint density at radius 1 is 1.09 bits per heavy atom. The first-order valence-electron chi connectivity index (χ1n) is 10.2. The molecule has 12 heteroatoms. The second-order valence-electron chi connectivity index (χ2n) is 7.50. The van der Waals surface area contributed by atoms with Gasteiger partial charge in [0, 0.05) is 18.7 Å². The summed E-state index contributed by atoms with van der Waals surface area (Å²) in [6.07, 6.45) is -3.98. The molecule has 0 aliphatic heterocycles. The molecule has 0 saturated heterocycles. The van der Waals surface area contributed by atoms with E-state index in [2.05, 4.69) is 5.32 Å². The highest BCUT2D eigenvalue weighted by atomic mass is 32.2. The Bertz CT molecular complexity index is 1140. The van der Waals surface area contributed by atoms with E-state index in [1.165, 1.54) is 31.2 Å². The third kappa shape index (κ3) is 6.92. The van der Waals surface area contributed by atoms with Crippen molar-refractivity contribution in [1.29, 1.82) is 0 Å². The molecule has 186 valence electrons. The standard InChI is InChI=1S/C22H25F4N3O4S/c1-4-27-21(31)15(2)28(13-16-8-5-6-11-19(16)23)20(30)14-29(34(3,32)33)18-10-7-9-17(12-18)22(24,25)26/h5-12,15H,4,13-14H2,1-3H3,(H,27,31). The van der Waals surface area contributed by atoms with Crippen molar-refractivity contribution in [3.63, 3.8) is 0 Å². The monoisotopic (exact) mass is 503 g/mol. The van der Waals surface area contributed by atoms with Crippen LogP contribution >= 0.6 is 0 Å². The molecule has 0 heterocycles. The molecule has 0 bridgehead atoms. The molecule has 0 aromatic heterocycles. The fourth-order valence-electron chi connectivity index (χ4n) is 3.17. The SMILES string of the molecule is CCNC(=O)C(C)N(Cc1ccccc1F)C(=O)CN(c1cccc(C(F)(F)F)c1)S(C)(=O)=O. The predicted molar refractivity (Wildman–Crippen MR) is 119 cm³/mol. The summed E-state index contributed by atoms with van der Waals surface area (Å²) >= 11 is 0. The van der Waals surface area contributed by atoms with Gasteiger partial charge in [-0.05, 0) is 38.1 Å². The molecular weight excluding hydrogens is 478 g/mol. The lowest BCUT2D eigenvalue weighted by molar-refractivity contribution is -0.139. The topological polar surface area (TPSA) is 86.8 Å². The number of carbonyl (C=O) groups excluding carboxylic acids is 2. The van der Waals surface area contributed by atoms with E-state index in [0.29, 0.717) is 10.4 Å². The predicted octanol–water partition coefficient (Wildman–Crippen LogP) is 3.16. The lowest BCUT2D eigenvalue weighted by Crippen LogP contribution is -2.51. The summed E-state index contributed by atoms with van der Waals surface area (Å²) in [7, 11) is -4.20. The maximum absolute atomic E-state index is 14.2. The second-order valence-corrected chi connectivity index (χ2v) is 9.41. The molecule has 7 nitrogen and oxygen atoms in total. The molecular formula is C22H25F4N3O4S. The molecule has 2 aromatic carbocycles. The minimum atomic E-state index is -4.73. The lowest BCUT2D eigenvalue weighted by Gasteiger charge is -2.31. The Kier molecular flexibility index (Phi) is 8.65. The number of alkyl halides is 3. The Morgan fingerprint density at radius 3 is 2.29 bits per heavy atom. The summed E-state index contributed by atoms with van der Waals surface area (Å²) in [6.45, 7) is 2.05. The Balaban J connectivity index is 2.45. The number of hydrogen-bond acceptors (Lipinski definition) is 4. The van der Waals surface area contributed by atoms with Crippen LogP contribution in [0.1, 0.15) is 25.0 Å². The molecule has 2 rings (SSSR count). The van der Waals surface area contributed by atoms with Crippen molar-refractivity contribution in [2.45, 2.75) is 32.6 Å². The molecule has 1 N–H and O–H groups in total. The van der Waals surface area contributed by atoms with Crippen LogP contribution in [0.25, 0.3) is 0 Å². The Hall–Kier alpha value is -3.15. The highest BCUT2D eigenvalue weighted by molar-refractivity contribution is 7.92. The molecule has 0 radical (unpaired) electrons. The average Bonchev–Trinajstić information content (AvgIpc) is 2.75. The van der Waals surface area contributed by atoms with E-state index in [1.807, 2.05) is 0 Å². The van der Waals surface area contributed by atoms with Crippen LogP contribution in [-0.2, 0) is 32.3 Å². The van der Waals surface area contributed by atoms with E-state index in [4.69, 9.17) is 0 Å². The van der Waals surface area contributed by atoms with E-state index < -0.39 is 52.0 Å². The van der Waals surface area contributed by atoms with Gasteiger partial charge in [-0.1, -0.05) is 24.3 Å². The number of anilines is 1. The molecule has 0 aliphatic rings. The van der Waals surface area contributed by atoms with Gasteiger partial charge in [0.25, 0.3) is 0 Å². The summed E-state index contributed by atoms with van der Waals surface area (Å²) < 4.78 is 79.0. The minimum Gasteiger partial charge on any atom is -0.355 e. The number of rotatable bonds is 9. The maximum atomic E-state index is 14.2.